The predicted octanol–water partition coefficient (Wildman–Crippen LogP) is 3.24. The highest BCUT2D eigenvalue weighted by atomic mass is 16.5. The number of carboxylic acid groups (broad SMARTS) is 1. The predicted molar refractivity (Wildman–Crippen MR) is 105 cm³/mol. The Morgan fingerprint density at radius 3 is 2.66 bits per heavy atom. The molecule has 1 saturated heterocycles. The molecule has 148 valence electrons. The second-order valence-corrected chi connectivity index (χ2v) is 6.89. The summed E-state index contributed by atoms with van der Waals surface area (Å²) in [5, 5.41) is 9.18. The van der Waals surface area contributed by atoms with E-state index in [9.17, 15) is 14.7 Å². The van der Waals surface area contributed by atoms with Crippen LogP contribution in [-0.2, 0) is 9.53 Å². The minimum atomic E-state index is -1.08. The number of ether oxygens (including phenoxy) is 1. The summed E-state index contributed by atoms with van der Waals surface area (Å²) in [7, 11) is 0. The van der Waals surface area contributed by atoms with E-state index in [0.717, 1.165) is 11.1 Å². The van der Waals surface area contributed by atoms with Crippen LogP contribution in [0.5, 0.6) is 0 Å². The number of aliphatic carboxylic acids is 1. The van der Waals surface area contributed by atoms with Gasteiger partial charge in [-0.2, -0.15) is 0 Å². The molecule has 3 aromatic rings. The number of benzene rings is 2. The molecular formula is C22H20N2O5. The van der Waals surface area contributed by atoms with Gasteiger partial charge in [-0.05, 0) is 19.1 Å². The van der Waals surface area contributed by atoms with Crippen molar-refractivity contribution in [2.45, 2.75) is 13.0 Å². The van der Waals surface area contributed by atoms with Gasteiger partial charge in [0.1, 0.15) is 0 Å². The van der Waals surface area contributed by atoms with Gasteiger partial charge in [0.25, 0.3) is 5.91 Å². The van der Waals surface area contributed by atoms with E-state index in [1.54, 1.807) is 30.5 Å². The van der Waals surface area contributed by atoms with Crippen LogP contribution in [0.15, 0.2) is 59.1 Å². The first kappa shape index (κ1) is 18.9. The van der Waals surface area contributed by atoms with E-state index in [0.29, 0.717) is 29.3 Å². The van der Waals surface area contributed by atoms with E-state index in [2.05, 4.69) is 4.98 Å². The molecular weight excluding hydrogens is 372 g/mol. The molecule has 1 aromatic heterocycles. The summed E-state index contributed by atoms with van der Waals surface area (Å²) in [6, 6.07) is 14.9. The van der Waals surface area contributed by atoms with Crippen molar-refractivity contribution in [2.75, 3.05) is 19.7 Å². The third-order valence-electron chi connectivity index (χ3n) is 4.86. The zero-order chi connectivity index (χ0) is 20.4. The molecule has 29 heavy (non-hydrogen) atoms. The maximum atomic E-state index is 13.1. The number of carboxylic acids is 1. The van der Waals surface area contributed by atoms with Gasteiger partial charge in [0.2, 0.25) is 5.89 Å². The maximum Gasteiger partial charge on any atom is 0.334 e. The fraction of sp³-hybridized carbons (Fsp3) is 0.227. The number of hydrogen-bond acceptors (Lipinski definition) is 5. The number of nitrogens with zero attached hydrogens (tertiary/aromatic N) is 2. The zero-order valence-corrected chi connectivity index (χ0v) is 15.9. The Bertz CT molecular complexity index is 1040. The number of hydrogen-bond donors (Lipinski definition) is 1. The van der Waals surface area contributed by atoms with Gasteiger partial charge >= 0.3 is 5.97 Å². The van der Waals surface area contributed by atoms with Crippen LogP contribution in [-0.4, -0.2) is 52.7 Å². The smallest absolute Gasteiger partial charge is 0.334 e. The van der Waals surface area contributed by atoms with Gasteiger partial charge in [0.05, 0.1) is 24.9 Å². The summed E-state index contributed by atoms with van der Waals surface area (Å²) in [5.74, 6) is -0.399. The number of amides is 1. The highest BCUT2D eigenvalue weighted by Gasteiger charge is 2.30. The Hall–Kier alpha value is -3.45. The summed E-state index contributed by atoms with van der Waals surface area (Å²) >= 11 is 0. The minimum absolute atomic E-state index is 0.00268. The van der Waals surface area contributed by atoms with Crippen molar-refractivity contribution < 1.29 is 23.8 Å². The van der Waals surface area contributed by atoms with Crippen molar-refractivity contribution >= 4 is 11.9 Å². The average molecular weight is 392 g/mol. The Morgan fingerprint density at radius 1 is 1.14 bits per heavy atom. The molecule has 0 aliphatic carbocycles. The molecule has 1 amide bonds. The highest BCUT2D eigenvalue weighted by molar-refractivity contribution is 6.00. The standard InChI is InChI=1S/C22H20N2O5/c1-14-6-8-15(9-7-14)18-12-23-20(29-18)16-4-2-3-5-17(16)21(25)24-10-11-28-19(13-24)22(26)27/h2-9,12,19H,10-11,13H2,1H3,(H,26,27)/t19-/m0/s1. The van der Waals surface area contributed by atoms with Crippen LogP contribution in [0.1, 0.15) is 15.9 Å². The molecule has 1 N–H and O–H groups in total. The molecule has 0 bridgehead atoms. The zero-order valence-electron chi connectivity index (χ0n) is 15.9. The van der Waals surface area contributed by atoms with Crippen molar-refractivity contribution in [3.05, 3.63) is 65.9 Å². The van der Waals surface area contributed by atoms with E-state index in [1.807, 2.05) is 31.2 Å². The van der Waals surface area contributed by atoms with E-state index in [1.165, 1.54) is 4.90 Å². The van der Waals surface area contributed by atoms with Gasteiger partial charge in [-0.15, -0.1) is 0 Å². The normalized spacial score (nSPS) is 16.6. The monoisotopic (exact) mass is 392 g/mol. The number of aromatic nitrogens is 1. The number of carbonyl (C=O) groups excluding carboxylic acids is 1. The highest BCUT2D eigenvalue weighted by Crippen LogP contribution is 2.29. The maximum absolute atomic E-state index is 13.1. The first-order chi connectivity index (χ1) is 14.0. The Labute approximate surface area is 167 Å². The van der Waals surface area contributed by atoms with E-state index >= 15 is 0 Å². The molecule has 0 spiro atoms. The van der Waals surface area contributed by atoms with Crippen molar-refractivity contribution in [1.82, 2.24) is 9.88 Å². The molecule has 2 aromatic carbocycles. The second-order valence-electron chi connectivity index (χ2n) is 6.89. The Kier molecular flexibility index (Phi) is 5.14. The molecule has 4 rings (SSSR count). The molecule has 1 aliphatic rings. The third kappa shape index (κ3) is 3.90. The fourth-order valence-electron chi connectivity index (χ4n) is 3.26. The summed E-state index contributed by atoms with van der Waals surface area (Å²) in [6.07, 6.45) is 0.617. The van der Waals surface area contributed by atoms with Crippen LogP contribution in [0, 0.1) is 6.92 Å². The Balaban J connectivity index is 1.63. The van der Waals surface area contributed by atoms with Crippen molar-refractivity contribution in [3.63, 3.8) is 0 Å². The van der Waals surface area contributed by atoms with Gasteiger partial charge < -0.3 is 19.2 Å². The number of morpholine rings is 1. The molecule has 7 nitrogen and oxygen atoms in total. The first-order valence-electron chi connectivity index (χ1n) is 9.29. The lowest BCUT2D eigenvalue weighted by atomic mass is 10.1. The topological polar surface area (TPSA) is 92.9 Å². The molecule has 0 unspecified atom stereocenters. The van der Waals surface area contributed by atoms with Gasteiger partial charge in [0, 0.05) is 17.7 Å². The average Bonchev–Trinajstić information content (AvgIpc) is 3.24. The van der Waals surface area contributed by atoms with E-state index < -0.39 is 12.1 Å². The van der Waals surface area contributed by atoms with E-state index in [-0.39, 0.29) is 19.1 Å². The quantitative estimate of drug-likeness (QED) is 0.733. The Morgan fingerprint density at radius 2 is 1.90 bits per heavy atom. The molecule has 0 radical (unpaired) electrons. The van der Waals surface area contributed by atoms with Crippen molar-refractivity contribution in [3.8, 4) is 22.8 Å². The van der Waals surface area contributed by atoms with Gasteiger partial charge in [-0.3, -0.25) is 4.79 Å². The fourth-order valence-corrected chi connectivity index (χ4v) is 3.26. The lowest BCUT2D eigenvalue weighted by molar-refractivity contribution is -0.154. The van der Waals surface area contributed by atoms with Gasteiger partial charge in [-0.25, -0.2) is 9.78 Å². The summed E-state index contributed by atoms with van der Waals surface area (Å²) in [4.78, 5) is 30.2. The van der Waals surface area contributed by atoms with Crippen LogP contribution in [0.25, 0.3) is 22.8 Å². The molecule has 7 heteroatoms. The number of rotatable bonds is 4. The summed E-state index contributed by atoms with van der Waals surface area (Å²) in [5.41, 5.74) is 3.02. The lowest BCUT2D eigenvalue weighted by Gasteiger charge is -2.31. The van der Waals surface area contributed by atoms with Crippen LogP contribution in [0.4, 0.5) is 0 Å². The van der Waals surface area contributed by atoms with Gasteiger partial charge in [-0.1, -0.05) is 42.0 Å². The lowest BCUT2D eigenvalue weighted by Crippen LogP contribution is -2.48. The molecule has 1 aliphatic heterocycles. The van der Waals surface area contributed by atoms with Crippen LogP contribution in [0.3, 0.4) is 0 Å². The largest absolute Gasteiger partial charge is 0.479 e. The second kappa shape index (κ2) is 7.89. The van der Waals surface area contributed by atoms with E-state index in [4.69, 9.17) is 9.15 Å². The molecule has 1 atom stereocenters. The third-order valence-corrected chi connectivity index (χ3v) is 4.86. The van der Waals surface area contributed by atoms with Crippen LogP contribution < -0.4 is 0 Å². The van der Waals surface area contributed by atoms with Crippen LogP contribution >= 0.6 is 0 Å². The molecule has 2 heterocycles. The van der Waals surface area contributed by atoms with Crippen molar-refractivity contribution in [1.29, 1.82) is 0 Å². The van der Waals surface area contributed by atoms with Crippen molar-refractivity contribution in [2.24, 2.45) is 0 Å². The van der Waals surface area contributed by atoms with Crippen LogP contribution in [0.2, 0.25) is 0 Å². The van der Waals surface area contributed by atoms with Gasteiger partial charge in [0.15, 0.2) is 11.9 Å². The minimum Gasteiger partial charge on any atom is -0.479 e. The summed E-state index contributed by atoms with van der Waals surface area (Å²) < 4.78 is 11.1. The molecule has 0 saturated carbocycles. The number of aryl methyl sites for hydroxylation is 1. The number of carbonyl (C=O) groups is 2. The number of oxazole rings is 1. The summed E-state index contributed by atoms with van der Waals surface area (Å²) in [6.45, 7) is 2.53. The SMILES string of the molecule is Cc1ccc(-c2cnc(-c3ccccc3C(=O)N3CCO[C@H](C(=O)O)C3)o2)cc1. The first-order valence-corrected chi connectivity index (χ1v) is 9.29. The molecule has 1 fully saturated rings.